The molecule has 0 saturated heterocycles. The van der Waals surface area contributed by atoms with Crippen molar-refractivity contribution in [2.45, 2.75) is 38.9 Å². The Labute approximate surface area is 117 Å². The zero-order valence-corrected chi connectivity index (χ0v) is 13.6. The van der Waals surface area contributed by atoms with Gasteiger partial charge in [0.15, 0.2) is 0 Å². The molecule has 19 heavy (non-hydrogen) atoms. The zero-order valence-electron chi connectivity index (χ0n) is 12.6. The molecule has 0 spiro atoms. The van der Waals surface area contributed by atoms with Gasteiger partial charge in [-0.25, -0.2) is 0 Å². The Kier molecular flexibility index (Phi) is 5.01. The molecular weight excluding hydrogens is 252 g/mol. The van der Waals surface area contributed by atoms with Crippen molar-refractivity contribution in [3.8, 4) is 5.95 Å². The van der Waals surface area contributed by atoms with E-state index in [9.17, 15) is 0 Å². The Hall–Kier alpha value is -1.48. The molecule has 0 aromatic carbocycles. The van der Waals surface area contributed by atoms with Crippen molar-refractivity contribution in [1.82, 2.24) is 0 Å². The third-order valence-electron chi connectivity index (χ3n) is 3.38. The fraction of sp³-hybridized carbons (Fsp3) is 0.375. The highest BCUT2D eigenvalue weighted by Gasteiger charge is 2.39. The van der Waals surface area contributed by atoms with Crippen LogP contribution in [0.5, 0.6) is 5.95 Å². The Morgan fingerprint density at radius 1 is 1.16 bits per heavy atom. The first-order valence-corrected chi connectivity index (χ1v) is 9.42. The normalized spacial score (nSPS) is 13.3. The number of hydrogen-bond acceptors (Lipinski definition) is 2. The van der Waals surface area contributed by atoms with Crippen LogP contribution in [0.15, 0.2) is 47.4 Å². The minimum Gasteiger partial charge on any atom is -0.519 e. The van der Waals surface area contributed by atoms with Crippen LogP contribution in [0.1, 0.15) is 26.5 Å². The molecule has 1 heterocycles. The fourth-order valence-electron chi connectivity index (χ4n) is 1.18. The van der Waals surface area contributed by atoms with E-state index in [1.807, 2.05) is 36.4 Å². The molecule has 1 rings (SSSR count). The zero-order chi connectivity index (χ0) is 14.5. The van der Waals surface area contributed by atoms with Crippen molar-refractivity contribution in [2.75, 3.05) is 0 Å². The van der Waals surface area contributed by atoms with Gasteiger partial charge < -0.3 is 8.84 Å². The molecule has 0 atom stereocenters. The quantitative estimate of drug-likeness (QED) is 0.529. The Morgan fingerprint density at radius 3 is 2.42 bits per heavy atom. The molecule has 0 aliphatic carbocycles. The Bertz CT molecular complexity index is 473. The van der Waals surface area contributed by atoms with Crippen LogP contribution < -0.4 is 4.43 Å². The van der Waals surface area contributed by atoms with Crippen molar-refractivity contribution >= 4 is 14.4 Å². The van der Waals surface area contributed by atoms with E-state index >= 15 is 0 Å². The van der Waals surface area contributed by atoms with Crippen molar-refractivity contribution in [2.24, 2.45) is 0 Å². The van der Waals surface area contributed by atoms with E-state index in [2.05, 4.69) is 40.4 Å². The van der Waals surface area contributed by atoms with Gasteiger partial charge in [0.1, 0.15) is 5.76 Å². The van der Waals surface area contributed by atoms with Gasteiger partial charge in [-0.1, -0.05) is 51.7 Å². The lowest BCUT2D eigenvalue weighted by Gasteiger charge is -2.35. The molecule has 0 fully saturated rings. The maximum Gasteiger partial charge on any atom is 0.270 e. The molecule has 1 aromatic rings. The highest BCUT2D eigenvalue weighted by atomic mass is 28.4. The van der Waals surface area contributed by atoms with Crippen molar-refractivity contribution in [3.05, 3.63) is 48.8 Å². The summed E-state index contributed by atoms with van der Waals surface area (Å²) < 4.78 is 11.7. The number of furan rings is 1. The van der Waals surface area contributed by atoms with Gasteiger partial charge in [0.05, 0.1) is 0 Å². The standard InChI is InChI=1S/C16H24O2Si/c1-7-8-9-10-11-14-12-13-15(17-14)18-19(5,6)16(2,3)4/h7-13H,1H2,2-6H3/b9-8+,11-10+. The van der Waals surface area contributed by atoms with E-state index < -0.39 is 8.32 Å². The first-order chi connectivity index (χ1) is 8.76. The Balaban J connectivity index is 2.73. The molecule has 0 bridgehead atoms. The van der Waals surface area contributed by atoms with Gasteiger partial charge in [0, 0.05) is 6.07 Å². The van der Waals surface area contributed by atoms with E-state index in [1.165, 1.54) is 0 Å². The molecule has 3 heteroatoms. The molecule has 104 valence electrons. The summed E-state index contributed by atoms with van der Waals surface area (Å²) >= 11 is 0. The van der Waals surface area contributed by atoms with Crippen LogP contribution in [0.25, 0.3) is 6.08 Å². The molecule has 0 saturated carbocycles. The summed E-state index contributed by atoms with van der Waals surface area (Å²) in [5.41, 5.74) is 0. The van der Waals surface area contributed by atoms with Gasteiger partial charge in [-0.3, -0.25) is 0 Å². The lowest BCUT2D eigenvalue weighted by Crippen LogP contribution is -2.43. The molecule has 0 aliphatic heterocycles. The summed E-state index contributed by atoms with van der Waals surface area (Å²) in [5, 5.41) is 0.169. The first-order valence-electron chi connectivity index (χ1n) is 6.51. The number of rotatable bonds is 5. The topological polar surface area (TPSA) is 22.4 Å². The molecule has 2 nitrogen and oxygen atoms in total. The van der Waals surface area contributed by atoms with E-state index in [1.54, 1.807) is 6.08 Å². The van der Waals surface area contributed by atoms with E-state index in [4.69, 9.17) is 8.84 Å². The van der Waals surface area contributed by atoms with E-state index in [0.717, 1.165) is 5.76 Å². The van der Waals surface area contributed by atoms with Gasteiger partial charge >= 0.3 is 0 Å². The number of allylic oxidation sites excluding steroid dienone is 4. The second kappa shape index (κ2) is 6.11. The van der Waals surface area contributed by atoms with Crippen LogP contribution in [0.4, 0.5) is 0 Å². The van der Waals surface area contributed by atoms with Crippen molar-refractivity contribution in [1.29, 1.82) is 0 Å². The molecule has 0 aliphatic rings. The molecule has 0 N–H and O–H groups in total. The second-order valence-electron chi connectivity index (χ2n) is 6.00. The molecule has 1 aromatic heterocycles. The van der Waals surface area contributed by atoms with Crippen molar-refractivity contribution < 1.29 is 8.84 Å². The van der Waals surface area contributed by atoms with E-state index in [-0.39, 0.29) is 5.04 Å². The second-order valence-corrected chi connectivity index (χ2v) is 10.7. The van der Waals surface area contributed by atoms with Gasteiger partial charge in [-0.15, -0.1) is 0 Å². The van der Waals surface area contributed by atoms with Gasteiger partial charge in [0.25, 0.3) is 14.3 Å². The average Bonchev–Trinajstić information content (AvgIpc) is 2.70. The maximum absolute atomic E-state index is 6.08. The highest BCUT2D eigenvalue weighted by molar-refractivity contribution is 6.74. The minimum absolute atomic E-state index is 0.169. The summed E-state index contributed by atoms with van der Waals surface area (Å²) in [6, 6.07) is 3.80. The summed E-state index contributed by atoms with van der Waals surface area (Å²) in [4.78, 5) is 0. The minimum atomic E-state index is -1.82. The molecule has 0 radical (unpaired) electrons. The average molecular weight is 276 g/mol. The molecular formula is C16H24O2Si. The largest absolute Gasteiger partial charge is 0.519 e. The first kappa shape index (κ1) is 15.6. The van der Waals surface area contributed by atoms with Crippen LogP contribution in [-0.2, 0) is 0 Å². The number of hydrogen-bond donors (Lipinski definition) is 0. The third kappa shape index (κ3) is 4.60. The van der Waals surface area contributed by atoms with Gasteiger partial charge in [-0.2, -0.15) is 0 Å². The maximum atomic E-state index is 6.08. The SMILES string of the molecule is C=C/C=C/C=C/c1ccc(O[Si](C)(C)C(C)(C)C)o1. The summed E-state index contributed by atoms with van der Waals surface area (Å²) in [6.45, 7) is 14.7. The van der Waals surface area contributed by atoms with Crippen LogP contribution in [0, 0.1) is 0 Å². The van der Waals surface area contributed by atoms with Crippen molar-refractivity contribution in [3.63, 3.8) is 0 Å². The molecule has 0 amide bonds. The van der Waals surface area contributed by atoms with Crippen LogP contribution in [0.3, 0.4) is 0 Å². The van der Waals surface area contributed by atoms with Gasteiger partial charge in [-0.05, 0) is 30.3 Å². The Morgan fingerprint density at radius 2 is 1.84 bits per heavy atom. The predicted molar refractivity (Wildman–Crippen MR) is 84.9 cm³/mol. The smallest absolute Gasteiger partial charge is 0.270 e. The summed E-state index contributed by atoms with van der Waals surface area (Å²) in [5.74, 6) is 1.40. The lowest BCUT2D eigenvalue weighted by atomic mass is 10.2. The van der Waals surface area contributed by atoms with Crippen LogP contribution in [0.2, 0.25) is 18.1 Å². The van der Waals surface area contributed by atoms with Crippen LogP contribution in [-0.4, -0.2) is 8.32 Å². The highest BCUT2D eigenvalue weighted by Crippen LogP contribution is 2.37. The van der Waals surface area contributed by atoms with E-state index in [0.29, 0.717) is 5.95 Å². The third-order valence-corrected chi connectivity index (χ3v) is 7.71. The summed E-state index contributed by atoms with van der Waals surface area (Å²) in [7, 11) is -1.82. The molecule has 0 unspecified atom stereocenters. The summed E-state index contributed by atoms with van der Waals surface area (Å²) in [6.07, 6.45) is 9.32. The van der Waals surface area contributed by atoms with Crippen LogP contribution >= 0.6 is 0 Å². The predicted octanol–water partition coefficient (Wildman–Crippen LogP) is 5.42. The monoisotopic (exact) mass is 276 g/mol. The fourth-order valence-corrected chi connectivity index (χ4v) is 2.10. The van der Waals surface area contributed by atoms with Gasteiger partial charge in [0.2, 0.25) is 0 Å². The lowest BCUT2D eigenvalue weighted by molar-refractivity contribution is 0.363.